The number of hydrogen-bond donors (Lipinski definition) is 0. The van der Waals surface area contributed by atoms with Gasteiger partial charge in [-0.2, -0.15) is 0 Å². The Morgan fingerprint density at radius 1 is 1.09 bits per heavy atom. The first-order chi connectivity index (χ1) is 10.8. The van der Waals surface area contributed by atoms with Crippen LogP contribution in [0.3, 0.4) is 0 Å². The summed E-state index contributed by atoms with van der Waals surface area (Å²) in [5, 5.41) is 10.2. The molecule has 0 N–H and O–H groups in total. The van der Waals surface area contributed by atoms with E-state index in [4.69, 9.17) is 11.6 Å². The van der Waals surface area contributed by atoms with Crippen LogP contribution in [-0.4, -0.2) is 25.6 Å². The van der Waals surface area contributed by atoms with Crippen molar-refractivity contribution in [3.8, 4) is 11.4 Å². The van der Waals surface area contributed by atoms with E-state index in [-0.39, 0.29) is 0 Å². The van der Waals surface area contributed by atoms with Crippen LogP contribution >= 0.6 is 23.4 Å². The molecule has 0 spiro atoms. The third kappa shape index (κ3) is 2.34. The summed E-state index contributed by atoms with van der Waals surface area (Å²) in [6.07, 6.45) is 3.64. The Balaban J connectivity index is 1.73. The number of hydrogen-bond acceptors (Lipinski definition) is 5. The third-order valence-corrected chi connectivity index (χ3v) is 4.83. The fraction of sp³-hybridized carbons (Fsp3) is 0.133. The minimum atomic E-state index is 0.682. The summed E-state index contributed by atoms with van der Waals surface area (Å²) in [6, 6.07) is 11.7. The molecular formula is C15H12ClN5S. The molecule has 0 fully saturated rings. The Bertz CT molecular complexity index is 805. The van der Waals surface area contributed by atoms with Crippen LogP contribution < -0.4 is 4.90 Å². The zero-order chi connectivity index (χ0) is 14.9. The maximum absolute atomic E-state index is 6.30. The summed E-state index contributed by atoms with van der Waals surface area (Å²) in [5.41, 5.74) is 1.98. The second-order valence-electron chi connectivity index (χ2n) is 4.88. The van der Waals surface area contributed by atoms with Crippen LogP contribution in [0.2, 0.25) is 5.02 Å². The molecule has 2 aromatic heterocycles. The molecule has 1 aliphatic rings. The molecule has 4 rings (SSSR count). The van der Waals surface area contributed by atoms with E-state index in [0.29, 0.717) is 11.7 Å². The van der Waals surface area contributed by atoms with Crippen molar-refractivity contribution >= 4 is 29.1 Å². The molecular weight excluding hydrogens is 318 g/mol. The van der Waals surface area contributed by atoms with E-state index < -0.39 is 0 Å². The van der Waals surface area contributed by atoms with E-state index in [2.05, 4.69) is 30.7 Å². The van der Waals surface area contributed by atoms with Crippen LogP contribution in [0, 0.1) is 0 Å². The van der Waals surface area contributed by atoms with E-state index in [1.54, 1.807) is 18.0 Å². The lowest BCUT2D eigenvalue weighted by Gasteiger charge is -2.29. The molecule has 0 unspecified atom stereocenters. The first-order valence-electron chi connectivity index (χ1n) is 6.79. The zero-order valence-electron chi connectivity index (χ0n) is 11.6. The highest BCUT2D eigenvalue weighted by atomic mass is 35.5. The number of anilines is 1. The lowest BCUT2D eigenvalue weighted by atomic mass is 10.2. The predicted octanol–water partition coefficient (Wildman–Crippen LogP) is 3.52. The Hall–Kier alpha value is -2.05. The van der Waals surface area contributed by atoms with Crippen LogP contribution in [0.5, 0.6) is 0 Å². The van der Waals surface area contributed by atoms with E-state index in [1.165, 1.54) is 0 Å². The second-order valence-corrected chi connectivity index (χ2v) is 6.20. The van der Waals surface area contributed by atoms with Gasteiger partial charge in [0.1, 0.15) is 0 Å². The molecule has 0 bridgehead atoms. The molecule has 1 aromatic carbocycles. The molecule has 0 saturated carbocycles. The fourth-order valence-electron chi connectivity index (χ4n) is 2.41. The van der Waals surface area contributed by atoms with Crippen molar-refractivity contribution in [2.45, 2.75) is 11.8 Å². The Kier molecular flexibility index (Phi) is 3.48. The molecule has 1 aliphatic heterocycles. The van der Waals surface area contributed by atoms with Crippen molar-refractivity contribution < 1.29 is 0 Å². The van der Waals surface area contributed by atoms with Gasteiger partial charge in [-0.3, -0.25) is 9.55 Å². The molecule has 0 atom stereocenters. The topological polar surface area (TPSA) is 46.8 Å². The zero-order valence-corrected chi connectivity index (χ0v) is 13.1. The van der Waals surface area contributed by atoms with Gasteiger partial charge in [0, 0.05) is 11.8 Å². The van der Waals surface area contributed by atoms with Gasteiger partial charge in [-0.05, 0) is 24.3 Å². The summed E-state index contributed by atoms with van der Waals surface area (Å²) in [4.78, 5) is 6.42. The number of rotatable bonds is 2. The van der Waals surface area contributed by atoms with Crippen LogP contribution in [-0.2, 0) is 6.67 Å². The lowest BCUT2D eigenvalue weighted by Crippen LogP contribution is -2.30. The lowest BCUT2D eigenvalue weighted by molar-refractivity contribution is 0.607. The third-order valence-electron chi connectivity index (χ3n) is 3.50. The SMILES string of the molecule is Clc1ccccc1-c1nnc2n1CN(c1cccnc1)CS2. The number of nitrogens with zero attached hydrogens (tertiary/aromatic N) is 5. The predicted molar refractivity (Wildman–Crippen MR) is 87.9 cm³/mol. The monoisotopic (exact) mass is 329 g/mol. The van der Waals surface area contributed by atoms with Gasteiger partial charge >= 0.3 is 0 Å². The number of aromatic nitrogens is 4. The molecule has 0 saturated heterocycles. The van der Waals surface area contributed by atoms with Gasteiger partial charge in [0.2, 0.25) is 0 Å². The van der Waals surface area contributed by atoms with Crippen molar-refractivity contribution in [2.24, 2.45) is 0 Å². The standard InChI is InChI=1S/C15H12ClN5S/c16-13-6-2-1-5-12(13)14-18-19-15-21(14)9-20(10-22-15)11-4-3-7-17-8-11/h1-8H,9-10H2. The molecule has 7 heteroatoms. The average Bonchev–Trinajstić information content (AvgIpc) is 2.99. The van der Waals surface area contributed by atoms with Gasteiger partial charge in [0.15, 0.2) is 11.0 Å². The Morgan fingerprint density at radius 3 is 2.82 bits per heavy atom. The summed E-state index contributed by atoms with van der Waals surface area (Å²) in [6.45, 7) is 0.682. The molecule has 0 aliphatic carbocycles. The van der Waals surface area contributed by atoms with Crippen molar-refractivity contribution in [3.05, 3.63) is 53.8 Å². The van der Waals surface area contributed by atoms with Crippen molar-refractivity contribution in [2.75, 3.05) is 10.8 Å². The highest BCUT2D eigenvalue weighted by Gasteiger charge is 2.23. The molecule has 0 amide bonds. The number of fused-ring (bicyclic) bond motifs is 1. The van der Waals surface area contributed by atoms with Gasteiger partial charge in [0.05, 0.1) is 29.5 Å². The van der Waals surface area contributed by atoms with Crippen molar-refractivity contribution in [3.63, 3.8) is 0 Å². The minimum absolute atomic E-state index is 0.682. The van der Waals surface area contributed by atoms with Gasteiger partial charge in [-0.1, -0.05) is 35.5 Å². The normalized spacial score (nSPS) is 14.0. The largest absolute Gasteiger partial charge is 0.342 e. The molecule has 3 aromatic rings. The van der Waals surface area contributed by atoms with E-state index in [0.717, 1.165) is 28.1 Å². The molecule has 5 nitrogen and oxygen atoms in total. The maximum Gasteiger partial charge on any atom is 0.194 e. The Morgan fingerprint density at radius 2 is 2.00 bits per heavy atom. The number of benzene rings is 1. The smallest absolute Gasteiger partial charge is 0.194 e. The van der Waals surface area contributed by atoms with E-state index in [1.807, 2.05) is 36.5 Å². The number of thioether (sulfide) groups is 1. The first kappa shape index (κ1) is 13.6. The number of halogens is 1. The summed E-state index contributed by atoms with van der Waals surface area (Å²) in [5.74, 6) is 1.62. The maximum atomic E-state index is 6.30. The summed E-state index contributed by atoms with van der Waals surface area (Å²) in [7, 11) is 0. The molecule has 110 valence electrons. The second kappa shape index (κ2) is 5.62. The van der Waals surface area contributed by atoms with Crippen LogP contribution in [0.15, 0.2) is 53.9 Å². The molecule has 22 heavy (non-hydrogen) atoms. The van der Waals surface area contributed by atoms with E-state index >= 15 is 0 Å². The quantitative estimate of drug-likeness (QED) is 0.720. The fourth-order valence-corrected chi connectivity index (χ4v) is 3.53. The minimum Gasteiger partial charge on any atom is -0.342 e. The molecule has 0 radical (unpaired) electrons. The van der Waals surface area contributed by atoms with Gasteiger partial charge < -0.3 is 4.90 Å². The van der Waals surface area contributed by atoms with Gasteiger partial charge in [-0.25, -0.2) is 0 Å². The van der Waals surface area contributed by atoms with Crippen molar-refractivity contribution in [1.29, 1.82) is 0 Å². The highest BCUT2D eigenvalue weighted by Crippen LogP contribution is 2.33. The molecule has 3 heterocycles. The summed E-state index contributed by atoms with van der Waals surface area (Å²) >= 11 is 7.96. The van der Waals surface area contributed by atoms with E-state index in [9.17, 15) is 0 Å². The van der Waals surface area contributed by atoms with Crippen LogP contribution in [0.25, 0.3) is 11.4 Å². The number of pyridine rings is 1. The summed E-state index contributed by atoms with van der Waals surface area (Å²) < 4.78 is 2.09. The average molecular weight is 330 g/mol. The van der Waals surface area contributed by atoms with Gasteiger partial charge in [0.25, 0.3) is 0 Å². The highest BCUT2D eigenvalue weighted by molar-refractivity contribution is 7.99. The van der Waals surface area contributed by atoms with Crippen LogP contribution in [0.1, 0.15) is 0 Å². The van der Waals surface area contributed by atoms with Crippen LogP contribution in [0.4, 0.5) is 5.69 Å². The van der Waals surface area contributed by atoms with Crippen molar-refractivity contribution in [1.82, 2.24) is 19.7 Å². The van der Waals surface area contributed by atoms with Gasteiger partial charge in [-0.15, -0.1) is 10.2 Å². The first-order valence-corrected chi connectivity index (χ1v) is 8.15. The Labute approximate surface area is 137 Å².